The predicted octanol–water partition coefficient (Wildman–Crippen LogP) is 3.91. The van der Waals surface area contributed by atoms with Gasteiger partial charge in [-0.15, -0.1) is 5.10 Å². The van der Waals surface area contributed by atoms with Crippen LogP contribution in [-0.4, -0.2) is 39.0 Å². The molecule has 3 N–H and O–H groups in total. The van der Waals surface area contributed by atoms with Crippen LogP contribution < -0.4 is 10.6 Å². The van der Waals surface area contributed by atoms with E-state index in [2.05, 4.69) is 20.8 Å². The molecule has 1 unspecified atom stereocenters. The molecule has 8 nitrogen and oxygen atoms in total. The van der Waals surface area contributed by atoms with E-state index in [1.54, 1.807) is 19.1 Å². The summed E-state index contributed by atoms with van der Waals surface area (Å²) in [5.41, 5.74) is 1.93. The van der Waals surface area contributed by atoms with Crippen molar-refractivity contribution in [3.8, 4) is 0 Å². The van der Waals surface area contributed by atoms with Crippen LogP contribution >= 0.6 is 23.4 Å². The number of carbonyl (C=O) groups is 3. The van der Waals surface area contributed by atoms with Crippen LogP contribution in [0.1, 0.15) is 25.8 Å². The maximum atomic E-state index is 13.0. The fraction of sp³-hybridized carbons (Fsp3) is 0.190. The maximum absolute atomic E-state index is 13.0. The molecule has 1 heterocycles. The molecule has 168 valence electrons. The molecule has 0 bridgehead atoms. The molecule has 32 heavy (non-hydrogen) atoms. The number of benzene rings is 2. The Morgan fingerprint density at radius 3 is 2.34 bits per heavy atom. The average Bonchev–Trinajstić information content (AvgIpc) is 2.73. The minimum absolute atomic E-state index is 0.0105. The Kier molecular flexibility index (Phi) is 9.36. The molecule has 0 saturated carbocycles. The first-order valence-corrected chi connectivity index (χ1v) is 10.5. The van der Waals surface area contributed by atoms with E-state index in [9.17, 15) is 14.0 Å². The fourth-order valence-corrected chi connectivity index (χ4v) is 3.42. The molecule has 1 atom stereocenters. The Labute approximate surface area is 193 Å². The Balaban J connectivity index is 0.000000837. The van der Waals surface area contributed by atoms with Gasteiger partial charge < -0.3 is 15.7 Å². The van der Waals surface area contributed by atoms with Crippen molar-refractivity contribution in [2.75, 3.05) is 5.32 Å². The standard InChI is InChI=1S/C19H16ClFN4O2S.C2H4O2/c1-11(12-2-4-13(20)5-3-12)24-25-19-23-17(26)10-16(28-19)18(27)22-15-8-6-14(21)7-9-15;1-2(3)4/h2-9,16H,10H2,1H3,(H,22,27)(H,23,25,26);1H3,(H,3,4). The number of anilines is 1. The van der Waals surface area contributed by atoms with E-state index in [0.29, 0.717) is 16.4 Å². The highest BCUT2D eigenvalue weighted by atomic mass is 35.5. The van der Waals surface area contributed by atoms with Gasteiger partial charge in [-0.1, -0.05) is 35.5 Å². The van der Waals surface area contributed by atoms with Gasteiger partial charge in [-0.05, 0) is 48.9 Å². The fourth-order valence-electron chi connectivity index (χ4n) is 2.36. The number of carboxylic acids is 1. The molecule has 1 aliphatic heterocycles. The molecular weight excluding hydrogens is 459 g/mol. The van der Waals surface area contributed by atoms with Crippen LogP contribution in [0.3, 0.4) is 0 Å². The van der Waals surface area contributed by atoms with Crippen molar-refractivity contribution in [3.05, 3.63) is 64.9 Å². The molecule has 3 rings (SSSR count). The summed E-state index contributed by atoms with van der Waals surface area (Å²) >= 11 is 6.98. The lowest BCUT2D eigenvalue weighted by Gasteiger charge is -2.21. The van der Waals surface area contributed by atoms with Crippen LogP contribution in [0.4, 0.5) is 10.1 Å². The number of rotatable bonds is 4. The largest absolute Gasteiger partial charge is 0.481 e. The highest BCUT2D eigenvalue weighted by molar-refractivity contribution is 8.15. The lowest BCUT2D eigenvalue weighted by atomic mass is 10.1. The van der Waals surface area contributed by atoms with Gasteiger partial charge in [0.15, 0.2) is 5.17 Å². The Morgan fingerprint density at radius 1 is 1.16 bits per heavy atom. The second-order valence-corrected chi connectivity index (χ2v) is 8.10. The van der Waals surface area contributed by atoms with Crippen molar-refractivity contribution in [2.45, 2.75) is 25.5 Å². The molecule has 1 aliphatic rings. The van der Waals surface area contributed by atoms with Crippen LogP contribution in [0.25, 0.3) is 0 Å². The Hall–Kier alpha value is -3.24. The third kappa shape index (κ3) is 8.48. The van der Waals surface area contributed by atoms with Crippen molar-refractivity contribution in [1.29, 1.82) is 0 Å². The zero-order chi connectivity index (χ0) is 23.7. The normalized spacial score (nSPS) is 17.1. The Bertz CT molecular complexity index is 1040. The van der Waals surface area contributed by atoms with E-state index in [1.807, 2.05) is 12.1 Å². The highest BCUT2D eigenvalue weighted by Crippen LogP contribution is 2.23. The molecule has 0 radical (unpaired) electrons. The molecule has 0 aliphatic carbocycles. The summed E-state index contributed by atoms with van der Waals surface area (Å²) in [5, 5.41) is 21.1. The quantitative estimate of drug-likeness (QED) is 0.454. The molecule has 2 aromatic rings. The van der Waals surface area contributed by atoms with Gasteiger partial charge in [0.25, 0.3) is 5.97 Å². The van der Waals surface area contributed by atoms with E-state index < -0.39 is 17.0 Å². The zero-order valence-corrected chi connectivity index (χ0v) is 18.7. The van der Waals surface area contributed by atoms with Crippen LogP contribution in [-0.2, 0) is 14.4 Å². The molecular formula is C21H20ClFN4O4S. The number of amidine groups is 1. The lowest BCUT2D eigenvalue weighted by molar-refractivity contribution is -0.134. The van der Waals surface area contributed by atoms with Gasteiger partial charge in [0.2, 0.25) is 11.8 Å². The van der Waals surface area contributed by atoms with Crippen molar-refractivity contribution in [1.82, 2.24) is 5.32 Å². The molecule has 1 fully saturated rings. The number of hydrogen-bond acceptors (Lipinski definition) is 6. The lowest BCUT2D eigenvalue weighted by Crippen LogP contribution is -2.41. The number of nitrogens with one attached hydrogen (secondary N) is 2. The number of nitrogens with zero attached hydrogens (tertiary/aromatic N) is 2. The topological polar surface area (TPSA) is 120 Å². The summed E-state index contributed by atoms with van der Waals surface area (Å²) in [7, 11) is 0. The maximum Gasteiger partial charge on any atom is 0.300 e. The van der Waals surface area contributed by atoms with Gasteiger partial charge in [-0.2, -0.15) is 5.10 Å². The van der Waals surface area contributed by atoms with Gasteiger partial charge >= 0.3 is 0 Å². The summed E-state index contributed by atoms with van der Waals surface area (Å²) in [4.78, 5) is 33.4. The number of carboxylic acid groups (broad SMARTS) is 1. The van der Waals surface area contributed by atoms with Gasteiger partial charge in [-0.3, -0.25) is 14.4 Å². The van der Waals surface area contributed by atoms with Crippen LogP contribution in [0.2, 0.25) is 5.02 Å². The first kappa shape index (κ1) is 25.0. The smallest absolute Gasteiger partial charge is 0.300 e. The number of aliphatic carboxylic acids is 1. The van der Waals surface area contributed by atoms with Crippen molar-refractivity contribution >= 4 is 57.7 Å². The van der Waals surface area contributed by atoms with Crippen LogP contribution in [0.15, 0.2) is 58.7 Å². The molecule has 0 spiro atoms. The number of halogens is 2. The highest BCUT2D eigenvalue weighted by Gasteiger charge is 2.30. The molecule has 1 saturated heterocycles. The summed E-state index contributed by atoms with van der Waals surface area (Å²) in [5.74, 6) is -1.92. The second kappa shape index (κ2) is 12.0. The molecule has 2 amide bonds. The summed E-state index contributed by atoms with van der Waals surface area (Å²) in [6.45, 7) is 2.86. The zero-order valence-electron chi connectivity index (χ0n) is 17.1. The van der Waals surface area contributed by atoms with Gasteiger partial charge in [0, 0.05) is 24.1 Å². The third-order valence-corrected chi connectivity index (χ3v) is 5.15. The monoisotopic (exact) mass is 478 g/mol. The van der Waals surface area contributed by atoms with Gasteiger partial charge in [-0.25, -0.2) is 4.39 Å². The van der Waals surface area contributed by atoms with Gasteiger partial charge in [0.05, 0.1) is 5.71 Å². The Morgan fingerprint density at radius 2 is 1.75 bits per heavy atom. The van der Waals surface area contributed by atoms with Crippen LogP contribution in [0, 0.1) is 5.82 Å². The molecule has 0 aromatic heterocycles. The summed E-state index contributed by atoms with van der Waals surface area (Å²) in [6.07, 6.45) is 0.0105. The van der Waals surface area contributed by atoms with E-state index in [1.165, 1.54) is 24.3 Å². The summed E-state index contributed by atoms with van der Waals surface area (Å²) in [6, 6.07) is 12.5. The number of carbonyl (C=O) groups excluding carboxylic acids is 2. The first-order valence-electron chi connectivity index (χ1n) is 9.24. The van der Waals surface area contributed by atoms with Crippen molar-refractivity contribution < 1.29 is 23.9 Å². The van der Waals surface area contributed by atoms with Crippen molar-refractivity contribution in [3.63, 3.8) is 0 Å². The van der Waals surface area contributed by atoms with Crippen LogP contribution in [0.5, 0.6) is 0 Å². The van der Waals surface area contributed by atoms with Crippen molar-refractivity contribution in [2.24, 2.45) is 10.2 Å². The SMILES string of the molecule is CC(=N/N=C1\NC(=O)CC(C(=O)Nc2ccc(F)cc2)S1)c1ccc(Cl)cc1.CC(=O)O. The van der Waals surface area contributed by atoms with E-state index in [-0.39, 0.29) is 23.4 Å². The first-order chi connectivity index (χ1) is 15.1. The number of amides is 2. The minimum atomic E-state index is -0.833. The second-order valence-electron chi connectivity index (χ2n) is 6.47. The summed E-state index contributed by atoms with van der Waals surface area (Å²) < 4.78 is 13.0. The van der Waals surface area contributed by atoms with E-state index in [4.69, 9.17) is 21.5 Å². The van der Waals surface area contributed by atoms with E-state index in [0.717, 1.165) is 24.2 Å². The van der Waals surface area contributed by atoms with Gasteiger partial charge in [0.1, 0.15) is 11.1 Å². The predicted molar refractivity (Wildman–Crippen MR) is 124 cm³/mol. The molecule has 2 aromatic carbocycles. The number of hydrogen-bond donors (Lipinski definition) is 3. The minimum Gasteiger partial charge on any atom is -0.481 e. The third-order valence-electron chi connectivity index (χ3n) is 3.83. The van der Waals surface area contributed by atoms with E-state index >= 15 is 0 Å². The molecule has 11 heteroatoms. The average molecular weight is 479 g/mol. The number of thioether (sulfide) groups is 1.